The fraction of sp³-hybridized carbons (Fsp3) is 0.238. The van der Waals surface area contributed by atoms with Crippen molar-refractivity contribution in [2.75, 3.05) is 6.54 Å². The van der Waals surface area contributed by atoms with Gasteiger partial charge in [0.25, 0.3) is 5.56 Å². The Balaban J connectivity index is 1.48. The Hall–Kier alpha value is -2.28. The molecule has 27 heavy (non-hydrogen) atoms. The van der Waals surface area contributed by atoms with E-state index < -0.39 is 0 Å². The second kappa shape index (κ2) is 7.03. The number of aromatic nitrogens is 2. The lowest BCUT2D eigenvalue weighted by molar-refractivity contribution is -0.932. The predicted molar refractivity (Wildman–Crippen MR) is 112 cm³/mol. The zero-order valence-corrected chi connectivity index (χ0v) is 16.4. The first-order valence-electron chi connectivity index (χ1n) is 9.23. The summed E-state index contributed by atoms with van der Waals surface area (Å²) in [6.45, 7) is 1.90. The van der Waals surface area contributed by atoms with Gasteiger partial charge in [-0.3, -0.25) is 4.79 Å². The van der Waals surface area contributed by atoms with Gasteiger partial charge in [0.05, 0.1) is 16.8 Å². The second-order valence-electron chi connectivity index (χ2n) is 7.00. The van der Waals surface area contributed by atoms with Crippen molar-refractivity contribution in [1.29, 1.82) is 0 Å². The van der Waals surface area contributed by atoms with E-state index in [2.05, 4.69) is 22.5 Å². The van der Waals surface area contributed by atoms with E-state index in [0.717, 1.165) is 34.9 Å². The molecule has 4 heterocycles. The van der Waals surface area contributed by atoms with Gasteiger partial charge >= 0.3 is 0 Å². The molecule has 0 spiro atoms. The Labute approximate surface area is 165 Å². The summed E-state index contributed by atoms with van der Waals surface area (Å²) in [6.07, 6.45) is 2.43. The topological polar surface area (TPSA) is 50.2 Å². The molecule has 1 aliphatic rings. The van der Waals surface area contributed by atoms with Crippen LogP contribution in [-0.2, 0) is 6.54 Å². The maximum Gasteiger partial charge on any atom is 0.260 e. The normalized spacial score (nSPS) is 19.7. The highest BCUT2D eigenvalue weighted by molar-refractivity contribution is 7.17. The number of nitrogens with zero attached hydrogens (tertiary/aromatic N) is 1. The van der Waals surface area contributed by atoms with Gasteiger partial charge in [0.2, 0.25) is 0 Å². The molecule has 0 aliphatic carbocycles. The summed E-state index contributed by atoms with van der Waals surface area (Å²) in [7, 11) is 0. The molecule has 1 saturated heterocycles. The summed E-state index contributed by atoms with van der Waals surface area (Å²) < 4.78 is 0. The minimum atomic E-state index is -0.0265. The highest BCUT2D eigenvalue weighted by Crippen LogP contribution is 2.30. The number of H-pyrrole nitrogens is 1. The van der Waals surface area contributed by atoms with E-state index in [0.29, 0.717) is 11.4 Å². The van der Waals surface area contributed by atoms with Crippen molar-refractivity contribution in [3.63, 3.8) is 0 Å². The lowest BCUT2D eigenvalue weighted by Gasteiger charge is -2.19. The summed E-state index contributed by atoms with van der Waals surface area (Å²) in [5, 5.41) is 4.90. The Bertz CT molecular complexity index is 1120. The van der Waals surface area contributed by atoms with Crippen molar-refractivity contribution in [2.45, 2.75) is 25.4 Å². The van der Waals surface area contributed by atoms with Crippen molar-refractivity contribution in [3.05, 3.63) is 74.3 Å². The number of thiophene rings is 2. The minimum Gasteiger partial charge on any atom is -0.322 e. The van der Waals surface area contributed by atoms with Crippen LogP contribution in [0.4, 0.5) is 0 Å². The molecule has 1 aromatic carbocycles. The molecular formula is C21H20N3OS2+. The summed E-state index contributed by atoms with van der Waals surface area (Å²) >= 11 is 3.39. The van der Waals surface area contributed by atoms with Crippen LogP contribution < -0.4 is 10.5 Å². The van der Waals surface area contributed by atoms with Gasteiger partial charge in [-0.15, -0.1) is 22.7 Å². The standard InChI is InChI=1S/C21H19N3OS2/c25-20-19-15(14-6-2-1-3-7-14)13-27-21(19)23-18(22-20)12-24-10-4-8-16(24)17-9-5-11-26-17/h1-3,5-7,9,11,13,16H,4,8,10,12H2,(H,22,23,25)/p+1/t16-/m0/s1. The van der Waals surface area contributed by atoms with Crippen molar-refractivity contribution < 1.29 is 4.90 Å². The average molecular weight is 395 g/mol. The third kappa shape index (κ3) is 3.14. The third-order valence-corrected chi connectivity index (χ3v) is 7.20. The smallest absolute Gasteiger partial charge is 0.260 e. The van der Waals surface area contributed by atoms with Crippen LogP contribution in [-0.4, -0.2) is 16.5 Å². The number of benzene rings is 1. The first-order chi connectivity index (χ1) is 13.3. The van der Waals surface area contributed by atoms with Gasteiger partial charge in [-0.25, -0.2) is 4.98 Å². The number of fused-ring (bicyclic) bond motifs is 1. The van der Waals surface area contributed by atoms with Crippen LogP contribution in [0.2, 0.25) is 0 Å². The van der Waals surface area contributed by atoms with Crippen molar-refractivity contribution in [3.8, 4) is 11.1 Å². The number of nitrogens with one attached hydrogen (secondary N) is 2. The van der Waals surface area contributed by atoms with Crippen LogP contribution in [0.25, 0.3) is 21.3 Å². The summed E-state index contributed by atoms with van der Waals surface area (Å²) in [4.78, 5) is 24.5. The lowest BCUT2D eigenvalue weighted by atomic mass is 10.1. The molecule has 0 radical (unpaired) electrons. The molecule has 2 N–H and O–H groups in total. The SMILES string of the molecule is O=c1[nH]c(C[NH+]2CCC[C@H]2c2cccs2)nc2scc(-c3ccccc3)c12. The summed E-state index contributed by atoms with van der Waals surface area (Å²) in [5.74, 6) is 0.799. The number of rotatable bonds is 4. The Kier molecular flexibility index (Phi) is 4.39. The average Bonchev–Trinajstić information content (AvgIpc) is 3.42. The molecular weight excluding hydrogens is 374 g/mol. The fourth-order valence-electron chi connectivity index (χ4n) is 4.08. The molecule has 0 amide bonds. The number of hydrogen-bond acceptors (Lipinski definition) is 4. The molecule has 0 saturated carbocycles. The van der Waals surface area contributed by atoms with Gasteiger partial charge < -0.3 is 9.88 Å². The number of quaternary nitrogens is 1. The first-order valence-corrected chi connectivity index (χ1v) is 11.0. The first kappa shape index (κ1) is 16.9. The quantitative estimate of drug-likeness (QED) is 0.555. The van der Waals surface area contributed by atoms with Gasteiger partial charge in [0, 0.05) is 23.8 Å². The van der Waals surface area contributed by atoms with Crippen LogP contribution in [0.3, 0.4) is 0 Å². The lowest BCUT2D eigenvalue weighted by Crippen LogP contribution is -3.09. The largest absolute Gasteiger partial charge is 0.322 e. The van der Waals surface area contributed by atoms with Crippen molar-refractivity contribution in [2.24, 2.45) is 0 Å². The minimum absolute atomic E-state index is 0.0265. The van der Waals surface area contributed by atoms with Crippen LogP contribution in [0.5, 0.6) is 0 Å². The molecule has 3 aromatic heterocycles. The summed E-state index contributed by atoms with van der Waals surface area (Å²) in [6, 6.07) is 14.9. The van der Waals surface area contributed by atoms with Gasteiger partial charge in [-0.05, 0) is 17.0 Å². The third-order valence-electron chi connectivity index (χ3n) is 5.34. The molecule has 136 valence electrons. The van der Waals surface area contributed by atoms with Crippen LogP contribution in [0, 0.1) is 0 Å². The van der Waals surface area contributed by atoms with Gasteiger partial charge in [0.15, 0.2) is 5.82 Å². The highest BCUT2D eigenvalue weighted by Gasteiger charge is 2.31. The fourth-order valence-corrected chi connectivity index (χ4v) is 5.97. The zero-order chi connectivity index (χ0) is 18.2. The molecule has 0 bridgehead atoms. The predicted octanol–water partition coefficient (Wildman–Crippen LogP) is 3.63. The Morgan fingerprint density at radius 2 is 2.04 bits per heavy atom. The van der Waals surface area contributed by atoms with Crippen LogP contribution in [0.15, 0.2) is 58.0 Å². The monoisotopic (exact) mass is 394 g/mol. The van der Waals surface area contributed by atoms with E-state index in [-0.39, 0.29) is 5.56 Å². The molecule has 2 atom stereocenters. The van der Waals surface area contributed by atoms with Gasteiger partial charge in [-0.2, -0.15) is 0 Å². The van der Waals surface area contributed by atoms with Crippen LogP contribution >= 0.6 is 22.7 Å². The molecule has 1 fully saturated rings. The number of hydrogen-bond donors (Lipinski definition) is 2. The molecule has 4 nitrogen and oxygen atoms in total. The summed E-state index contributed by atoms with van der Waals surface area (Å²) in [5.41, 5.74) is 2.01. The van der Waals surface area contributed by atoms with Crippen molar-refractivity contribution in [1.82, 2.24) is 9.97 Å². The molecule has 6 heteroatoms. The zero-order valence-electron chi connectivity index (χ0n) is 14.8. The van der Waals surface area contributed by atoms with E-state index in [1.165, 1.54) is 22.6 Å². The Morgan fingerprint density at radius 3 is 2.85 bits per heavy atom. The van der Waals surface area contributed by atoms with E-state index in [1.807, 2.05) is 47.0 Å². The van der Waals surface area contributed by atoms with E-state index in [1.54, 1.807) is 11.3 Å². The van der Waals surface area contributed by atoms with E-state index in [4.69, 9.17) is 4.98 Å². The number of likely N-dealkylation sites (tertiary alicyclic amines) is 1. The number of aromatic amines is 1. The Morgan fingerprint density at radius 1 is 1.15 bits per heavy atom. The van der Waals surface area contributed by atoms with Gasteiger partial charge in [-0.1, -0.05) is 36.4 Å². The molecule has 4 aromatic rings. The van der Waals surface area contributed by atoms with Gasteiger partial charge in [0.1, 0.15) is 17.4 Å². The van der Waals surface area contributed by atoms with Crippen molar-refractivity contribution >= 4 is 32.9 Å². The molecule has 1 unspecified atom stereocenters. The second-order valence-corrected chi connectivity index (χ2v) is 8.84. The molecule has 1 aliphatic heterocycles. The maximum atomic E-state index is 12.8. The van der Waals surface area contributed by atoms with Crippen LogP contribution in [0.1, 0.15) is 29.6 Å². The van der Waals surface area contributed by atoms with E-state index in [9.17, 15) is 4.79 Å². The highest BCUT2D eigenvalue weighted by atomic mass is 32.1. The molecule has 5 rings (SSSR count). The van der Waals surface area contributed by atoms with E-state index >= 15 is 0 Å². The maximum absolute atomic E-state index is 12.8.